The molecule has 0 unspecified atom stereocenters. The highest BCUT2D eigenvalue weighted by Gasteiger charge is 2.22. The van der Waals surface area contributed by atoms with Gasteiger partial charge >= 0.3 is 5.69 Å². The van der Waals surface area contributed by atoms with Crippen molar-refractivity contribution in [3.8, 4) is 10.4 Å². The van der Waals surface area contributed by atoms with Crippen LogP contribution in [0.2, 0.25) is 4.34 Å². The highest BCUT2D eigenvalue weighted by atomic mass is 35.5. The van der Waals surface area contributed by atoms with E-state index in [1.165, 1.54) is 15.9 Å². The molecule has 0 aromatic carbocycles. The van der Waals surface area contributed by atoms with Gasteiger partial charge in [-0.3, -0.25) is 14.3 Å². The summed E-state index contributed by atoms with van der Waals surface area (Å²) in [6, 6.07) is 3.88. The highest BCUT2D eigenvalue weighted by Crippen LogP contribution is 2.34. The lowest BCUT2D eigenvalue weighted by Crippen LogP contribution is -2.44. The van der Waals surface area contributed by atoms with Crippen LogP contribution in [0, 0.1) is 6.92 Å². The fourth-order valence-corrected chi connectivity index (χ4v) is 3.91. The standard InChI is InChI=1S/C16H15ClN4O2S/c1-9-5-12(24-14(9)17)10-6-11-15(18-7-10)19-16(23)21(11)8-13(22)20-3-2-4-20/h5-7H,2-4,8H2,1H3,(H,18,19,23). The van der Waals surface area contributed by atoms with Crippen molar-refractivity contribution in [1.29, 1.82) is 0 Å². The van der Waals surface area contributed by atoms with E-state index in [1.807, 2.05) is 19.1 Å². The molecule has 1 N–H and O–H groups in total. The molecule has 0 spiro atoms. The van der Waals surface area contributed by atoms with Gasteiger partial charge in [-0.2, -0.15) is 0 Å². The van der Waals surface area contributed by atoms with E-state index in [1.54, 1.807) is 11.1 Å². The van der Waals surface area contributed by atoms with Crippen LogP contribution in [0.1, 0.15) is 12.0 Å². The molecule has 0 radical (unpaired) electrons. The number of likely N-dealkylation sites (tertiary alicyclic amines) is 1. The summed E-state index contributed by atoms with van der Waals surface area (Å²) in [5.41, 5.74) is 2.69. The van der Waals surface area contributed by atoms with E-state index in [4.69, 9.17) is 11.6 Å². The molecule has 4 rings (SSSR count). The maximum Gasteiger partial charge on any atom is 0.328 e. The number of imidazole rings is 1. The third-order valence-electron chi connectivity index (χ3n) is 4.27. The zero-order valence-corrected chi connectivity index (χ0v) is 14.6. The molecule has 4 heterocycles. The van der Waals surface area contributed by atoms with Crippen LogP contribution in [0.25, 0.3) is 21.6 Å². The SMILES string of the molecule is Cc1cc(-c2cnc3[nH]c(=O)n(CC(=O)N4CCC4)c3c2)sc1Cl. The predicted octanol–water partition coefficient (Wildman–Crippen LogP) is 2.65. The zero-order valence-electron chi connectivity index (χ0n) is 13.0. The average Bonchev–Trinajstić information content (AvgIpc) is 2.98. The first-order chi connectivity index (χ1) is 11.5. The van der Waals surface area contributed by atoms with E-state index >= 15 is 0 Å². The maximum absolute atomic E-state index is 12.2. The molecule has 1 aliphatic heterocycles. The molecule has 1 saturated heterocycles. The summed E-state index contributed by atoms with van der Waals surface area (Å²) >= 11 is 7.62. The molecule has 8 heteroatoms. The van der Waals surface area contributed by atoms with Gasteiger partial charge in [-0.25, -0.2) is 9.78 Å². The van der Waals surface area contributed by atoms with Gasteiger partial charge in [-0.05, 0) is 31.0 Å². The predicted molar refractivity (Wildman–Crippen MR) is 94.6 cm³/mol. The van der Waals surface area contributed by atoms with E-state index in [0.29, 0.717) is 11.2 Å². The van der Waals surface area contributed by atoms with Gasteiger partial charge < -0.3 is 4.90 Å². The molecular weight excluding hydrogens is 348 g/mol. The Morgan fingerprint density at radius 1 is 1.42 bits per heavy atom. The molecule has 6 nitrogen and oxygen atoms in total. The van der Waals surface area contributed by atoms with Crippen LogP contribution in [-0.4, -0.2) is 38.4 Å². The largest absolute Gasteiger partial charge is 0.341 e. The number of pyridine rings is 1. The number of thiophene rings is 1. The van der Waals surface area contributed by atoms with Crippen molar-refractivity contribution in [3.63, 3.8) is 0 Å². The number of hydrogen-bond acceptors (Lipinski definition) is 4. The van der Waals surface area contributed by atoms with Crippen molar-refractivity contribution in [2.24, 2.45) is 0 Å². The van der Waals surface area contributed by atoms with E-state index in [0.717, 1.165) is 39.9 Å². The summed E-state index contributed by atoms with van der Waals surface area (Å²) in [6.07, 6.45) is 2.74. The average molecular weight is 363 g/mol. The number of halogens is 1. The Morgan fingerprint density at radius 3 is 2.83 bits per heavy atom. The minimum Gasteiger partial charge on any atom is -0.341 e. The lowest BCUT2D eigenvalue weighted by atomic mass is 10.2. The number of amides is 1. The Hall–Kier alpha value is -2.12. The van der Waals surface area contributed by atoms with Gasteiger partial charge in [0.1, 0.15) is 6.54 Å². The molecule has 1 fully saturated rings. The van der Waals surface area contributed by atoms with Crippen LogP contribution >= 0.6 is 22.9 Å². The summed E-state index contributed by atoms with van der Waals surface area (Å²) in [7, 11) is 0. The van der Waals surface area contributed by atoms with Crippen molar-refractivity contribution in [2.45, 2.75) is 19.9 Å². The van der Waals surface area contributed by atoms with Crippen LogP contribution in [0.5, 0.6) is 0 Å². The Labute approximate surface area is 146 Å². The van der Waals surface area contributed by atoms with Gasteiger partial charge in [0.25, 0.3) is 0 Å². The number of aryl methyl sites for hydroxylation is 1. The van der Waals surface area contributed by atoms with Gasteiger partial charge in [0.15, 0.2) is 5.65 Å². The van der Waals surface area contributed by atoms with Gasteiger partial charge in [0.05, 0.1) is 9.85 Å². The molecule has 3 aromatic rings. The summed E-state index contributed by atoms with van der Waals surface area (Å²) in [4.78, 5) is 34.2. The van der Waals surface area contributed by atoms with E-state index < -0.39 is 0 Å². The second-order valence-electron chi connectivity index (χ2n) is 5.91. The van der Waals surface area contributed by atoms with Crippen molar-refractivity contribution >= 4 is 40.0 Å². The van der Waals surface area contributed by atoms with Crippen LogP contribution < -0.4 is 5.69 Å². The van der Waals surface area contributed by atoms with Gasteiger partial charge in [0, 0.05) is 29.7 Å². The number of hydrogen-bond donors (Lipinski definition) is 1. The molecule has 0 aliphatic carbocycles. The Morgan fingerprint density at radius 2 is 2.21 bits per heavy atom. The smallest absolute Gasteiger partial charge is 0.328 e. The maximum atomic E-state index is 12.2. The second kappa shape index (κ2) is 5.75. The van der Waals surface area contributed by atoms with Crippen molar-refractivity contribution < 1.29 is 4.79 Å². The van der Waals surface area contributed by atoms with E-state index in [2.05, 4.69) is 9.97 Å². The molecule has 0 atom stereocenters. The number of rotatable bonds is 3. The lowest BCUT2D eigenvalue weighted by molar-refractivity contribution is -0.135. The van der Waals surface area contributed by atoms with Crippen molar-refractivity contribution in [3.05, 3.63) is 38.7 Å². The number of carbonyl (C=O) groups excluding carboxylic acids is 1. The molecule has 3 aromatic heterocycles. The quantitative estimate of drug-likeness (QED) is 0.778. The third-order valence-corrected chi connectivity index (χ3v) is 5.88. The van der Waals surface area contributed by atoms with Gasteiger partial charge in [0.2, 0.25) is 5.91 Å². The Balaban J connectivity index is 1.76. The Bertz CT molecular complexity index is 980. The van der Waals surface area contributed by atoms with Crippen molar-refractivity contribution in [2.75, 3.05) is 13.1 Å². The number of aromatic amines is 1. The summed E-state index contributed by atoms with van der Waals surface area (Å²) < 4.78 is 2.19. The summed E-state index contributed by atoms with van der Waals surface area (Å²) in [5, 5.41) is 0. The number of fused-ring (bicyclic) bond motifs is 1. The van der Waals surface area contributed by atoms with Crippen LogP contribution in [0.15, 0.2) is 23.1 Å². The van der Waals surface area contributed by atoms with E-state index in [-0.39, 0.29) is 18.1 Å². The summed E-state index contributed by atoms with van der Waals surface area (Å²) in [6.45, 7) is 3.53. The first kappa shape index (κ1) is 15.4. The molecule has 124 valence electrons. The zero-order chi connectivity index (χ0) is 16.8. The fourth-order valence-electron chi connectivity index (χ4n) is 2.73. The lowest BCUT2D eigenvalue weighted by Gasteiger charge is -2.30. The number of aromatic nitrogens is 3. The molecule has 1 aliphatic rings. The normalized spacial score (nSPS) is 14.2. The highest BCUT2D eigenvalue weighted by molar-refractivity contribution is 7.19. The molecule has 0 bridgehead atoms. The molecule has 1 amide bonds. The van der Waals surface area contributed by atoms with Crippen LogP contribution in [-0.2, 0) is 11.3 Å². The molecular formula is C16H15ClN4O2S. The third kappa shape index (κ3) is 2.53. The topological polar surface area (TPSA) is 71.0 Å². The summed E-state index contributed by atoms with van der Waals surface area (Å²) in [5.74, 6) is -0.0373. The van der Waals surface area contributed by atoms with Gasteiger partial charge in [-0.15, -0.1) is 11.3 Å². The Kier molecular flexibility index (Phi) is 3.69. The number of nitrogens with zero attached hydrogens (tertiary/aromatic N) is 3. The van der Waals surface area contributed by atoms with Gasteiger partial charge in [-0.1, -0.05) is 11.6 Å². The van der Waals surface area contributed by atoms with Crippen LogP contribution in [0.3, 0.4) is 0 Å². The molecule has 0 saturated carbocycles. The fraction of sp³-hybridized carbons (Fsp3) is 0.312. The first-order valence-corrected chi connectivity index (χ1v) is 8.85. The molecule has 24 heavy (non-hydrogen) atoms. The number of H-pyrrole nitrogens is 1. The monoisotopic (exact) mass is 362 g/mol. The van der Waals surface area contributed by atoms with E-state index in [9.17, 15) is 9.59 Å². The number of carbonyl (C=O) groups is 1. The second-order valence-corrected chi connectivity index (χ2v) is 7.56. The number of nitrogens with one attached hydrogen (secondary N) is 1. The minimum absolute atomic E-state index is 0.0359. The van der Waals surface area contributed by atoms with Crippen molar-refractivity contribution in [1.82, 2.24) is 19.4 Å². The minimum atomic E-state index is -0.316. The van der Waals surface area contributed by atoms with Crippen LogP contribution in [0.4, 0.5) is 0 Å². The first-order valence-electron chi connectivity index (χ1n) is 7.65.